The van der Waals surface area contributed by atoms with Gasteiger partial charge in [0.25, 0.3) is 0 Å². The number of hydrogen-bond acceptors (Lipinski definition) is 6. The smallest absolute Gasteiger partial charge is 0.445 e. The Morgan fingerprint density at radius 1 is 0.939 bits per heavy atom. The Bertz CT molecular complexity index is 1010. The maximum absolute atomic E-state index is 12.3. The Labute approximate surface area is 194 Å². The highest BCUT2D eigenvalue weighted by atomic mass is 16.7. The van der Waals surface area contributed by atoms with Crippen molar-refractivity contribution in [3.8, 4) is 0 Å². The first kappa shape index (κ1) is 24.4. The predicted octanol–water partition coefficient (Wildman–Crippen LogP) is 4.25. The molecular weight excluding hydrogens is 421 g/mol. The highest BCUT2D eigenvalue weighted by Gasteiger charge is 2.52. The highest BCUT2D eigenvalue weighted by Crippen LogP contribution is 2.39. The van der Waals surface area contributed by atoms with E-state index in [0.717, 1.165) is 5.56 Å². The van der Waals surface area contributed by atoms with Crippen LogP contribution in [0.25, 0.3) is 6.08 Å². The van der Waals surface area contributed by atoms with Crippen LogP contribution < -0.4 is 5.32 Å². The maximum atomic E-state index is 12.3. The summed E-state index contributed by atoms with van der Waals surface area (Å²) in [4.78, 5) is 35.5. The maximum Gasteiger partial charge on any atom is 0.492 e. The topological polar surface area (TPSA) is 90.9 Å². The van der Waals surface area contributed by atoms with Crippen molar-refractivity contribution in [2.24, 2.45) is 0 Å². The fourth-order valence-corrected chi connectivity index (χ4v) is 3.30. The van der Waals surface area contributed by atoms with Crippen LogP contribution in [-0.4, -0.2) is 43.5 Å². The third-order valence-corrected chi connectivity index (χ3v) is 5.96. The van der Waals surface area contributed by atoms with Crippen LogP contribution in [0.2, 0.25) is 0 Å². The molecule has 1 heterocycles. The van der Waals surface area contributed by atoms with E-state index in [0.29, 0.717) is 34.7 Å². The Balaban J connectivity index is 1.84. The van der Waals surface area contributed by atoms with Crippen LogP contribution in [0.15, 0.2) is 54.0 Å². The molecule has 0 bridgehead atoms. The number of aldehydes is 2. The third-order valence-electron chi connectivity index (χ3n) is 5.96. The van der Waals surface area contributed by atoms with Gasteiger partial charge in [-0.3, -0.25) is 9.59 Å². The fraction of sp³-hybridized carbons (Fsp3) is 0.320. The number of ether oxygens (including phenoxy) is 1. The molecule has 1 fully saturated rings. The van der Waals surface area contributed by atoms with E-state index in [2.05, 4.69) is 5.32 Å². The zero-order valence-electron chi connectivity index (χ0n) is 19.3. The second-order valence-electron chi connectivity index (χ2n) is 8.81. The molecule has 172 valence electrons. The molecule has 1 aliphatic rings. The lowest BCUT2D eigenvalue weighted by Crippen LogP contribution is -2.41. The van der Waals surface area contributed by atoms with Gasteiger partial charge >= 0.3 is 13.2 Å². The Morgan fingerprint density at radius 3 is 2.06 bits per heavy atom. The number of carbonyl (C=O) groups excluding carboxylic acids is 3. The van der Waals surface area contributed by atoms with Crippen LogP contribution in [0.1, 0.15) is 59.5 Å². The van der Waals surface area contributed by atoms with E-state index in [1.165, 1.54) is 0 Å². The van der Waals surface area contributed by atoms with E-state index in [4.69, 9.17) is 14.0 Å². The van der Waals surface area contributed by atoms with Crippen LogP contribution in [0.3, 0.4) is 0 Å². The van der Waals surface area contributed by atoms with E-state index in [-0.39, 0.29) is 13.2 Å². The lowest BCUT2D eigenvalue weighted by atomic mass is 9.76. The van der Waals surface area contributed by atoms with Crippen molar-refractivity contribution in [3.05, 3.63) is 76.3 Å². The van der Waals surface area contributed by atoms with E-state index in [1.807, 2.05) is 58.0 Å². The van der Waals surface area contributed by atoms with Crippen LogP contribution >= 0.6 is 0 Å². The fourth-order valence-electron chi connectivity index (χ4n) is 3.30. The molecular formula is C25H28BNO6. The van der Waals surface area contributed by atoms with Gasteiger partial charge < -0.3 is 19.4 Å². The van der Waals surface area contributed by atoms with Crippen LogP contribution in [0.4, 0.5) is 4.79 Å². The molecule has 0 aliphatic carbocycles. The molecule has 2 aromatic rings. The van der Waals surface area contributed by atoms with Gasteiger partial charge in [0.2, 0.25) is 0 Å². The minimum atomic E-state index is -0.788. The number of nitrogens with one attached hydrogen (secondary N) is 1. The molecule has 2 aromatic carbocycles. The molecule has 0 spiro atoms. The molecule has 1 saturated heterocycles. The number of amides is 1. The summed E-state index contributed by atoms with van der Waals surface area (Å²) in [5.41, 5.74) is 1.32. The lowest BCUT2D eigenvalue weighted by molar-refractivity contribution is 0.00578. The van der Waals surface area contributed by atoms with Crippen molar-refractivity contribution in [2.75, 3.05) is 6.54 Å². The summed E-state index contributed by atoms with van der Waals surface area (Å²) < 4.78 is 17.6. The van der Waals surface area contributed by atoms with Gasteiger partial charge in [0, 0.05) is 17.7 Å². The number of hydrogen-bond donors (Lipinski definition) is 1. The second-order valence-corrected chi connectivity index (χ2v) is 8.81. The number of alkyl carbamates (subject to hydrolysis) is 1. The van der Waals surface area contributed by atoms with E-state index >= 15 is 0 Å². The summed E-state index contributed by atoms with van der Waals surface area (Å²) in [5, 5.41) is 2.71. The lowest BCUT2D eigenvalue weighted by Gasteiger charge is -2.32. The minimum absolute atomic E-state index is 0.0376. The average molecular weight is 449 g/mol. The van der Waals surface area contributed by atoms with Gasteiger partial charge in [0.05, 0.1) is 11.2 Å². The first-order valence-electron chi connectivity index (χ1n) is 10.7. The summed E-state index contributed by atoms with van der Waals surface area (Å²) >= 11 is 0. The molecule has 3 rings (SSSR count). The van der Waals surface area contributed by atoms with E-state index in [1.54, 1.807) is 24.3 Å². The van der Waals surface area contributed by atoms with Crippen molar-refractivity contribution in [2.45, 2.75) is 45.5 Å². The van der Waals surface area contributed by atoms with Gasteiger partial charge in [-0.25, -0.2) is 4.79 Å². The normalized spacial score (nSPS) is 16.8. The van der Waals surface area contributed by atoms with Crippen LogP contribution in [-0.2, 0) is 20.7 Å². The molecule has 0 saturated carbocycles. The van der Waals surface area contributed by atoms with Gasteiger partial charge in [-0.1, -0.05) is 54.6 Å². The molecule has 33 heavy (non-hydrogen) atoms. The Morgan fingerprint density at radius 2 is 1.52 bits per heavy atom. The number of benzene rings is 2. The minimum Gasteiger partial charge on any atom is -0.445 e. The molecule has 1 N–H and O–H groups in total. The quantitative estimate of drug-likeness (QED) is 0.479. The SMILES string of the molecule is CC1(C)OB(C(=Cc2c(C=O)cccc2C=O)CNC(=O)OCc2ccccc2)OC1(C)C. The zero-order valence-corrected chi connectivity index (χ0v) is 19.3. The second kappa shape index (κ2) is 10.1. The average Bonchev–Trinajstić information content (AvgIpc) is 3.02. The first-order chi connectivity index (χ1) is 15.7. The van der Waals surface area contributed by atoms with E-state index in [9.17, 15) is 14.4 Å². The van der Waals surface area contributed by atoms with E-state index < -0.39 is 24.4 Å². The summed E-state index contributed by atoms with van der Waals surface area (Å²) in [6, 6.07) is 14.2. The summed E-state index contributed by atoms with van der Waals surface area (Å²) in [5.74, 6) is 0. The molecule has 0 radical (unpaired) electrons. The highest BCUT2D eigenvalue weighted by molar-refractivity contribution is 6.56. The standard InChI is InChI=1S/C25H28BNO6/c1-24(2)25(3,4)33-26(32-24)21(13-22-19(15-28)11-8-12-20(22)16-29)14-27-23(30)31-17-18-9-6-5-7-10-18/h5-13,15-16H,14,17H2,1-4H3,(H,27,30). The first-order valence-corrected chi connectivity index (χ1v) is 10.7. The number of rotatable bonds is 8. The Hall–Kier alpha value is -3.23. The van der Waals surface area contributed by atoms with Crippen molar-refractivity contribution in [1.29, 1.82) is 0 Å². The molecule has 1 amide bonds. The van der Waals surface area contributed by atoms with Gasteiger partial charge in [0.1, 0.15) is 6.61 Å². The molecule has 0 atom stereocenters. The van der Waals surface area contributed by atoms with Gasteiger partial charge in [-0.2, -0.15) is 0 Å². The Kier molecular flexibility index (Phi) is 7.51. The van der Waals surface area contributed by atoms with Crippen molar-refractivity contribution in [1.82, 2.24) is 5.32 Å². The van der Waals surface area contributed by atoms with Crippen molar-refractivity contribution >= 4 is 31.9 Å². The number of carbonyl (C=O) groups is 3. The summed E-state index contributed by atoms with van der Waals surface area (Å²) in [6.45, 7) is 7.84. The van der Waals surface area contributed by atoms with Crippen molar-refractivity contribution in [3.63, 3.8) is 0 Å². The largest absolute Gasteiger partial charge is 0.492 e. The molecule has 0 unspecified atom stereocenters. The molecule has 8 heteroatoms. The zero-order chi connectivity index (χ0) is 24.1. The molecule has 1 aliphatic heterocycles. The van der Waals surface area contributed by atoms with Gasteiger partial charge in [0.15, 0.2) is 12.6 Å². The van der Waals surface area contributed by atoms with Crippen LogP contribution in [0.5, 0.6) is 0 Å². The molecule has 0 aromatic heterocycles. The summed E-state index contributed by atoms with van der Waals surface area (Å²) in [6.07, 6.45) is 2.41. The van der Waals surface area contributed by atoms with Crippen molar-refractivity contribution < 1.29 is 28.4 Å². The monoisotopic (exact) mass is 449 g/mol. The van der Waals surface area contributed by atoms with Gasteiger partial charge in [-0.15, -0.1) is 0 Å². The van der Waals surface area contributed by atoms with Crippen LogP contribution in [0, 0.1) is 0 Å². The third kappa shape index (κ3) is 5.77. The van der Waals surface area contributed by atoms with Gasteiger partial charge in [-0.05, 0) is 44.3 Å². The predicted molar refractivity (Wildman–Crippen MR) is 126 cm³/mol. The summed E-state index contributed by atoms with van der Waals surface area (Å²) in [7, 11) is -0.788. The molecule has 7 nitrogen and oxygen atoms in total.